The fourth-order valence-electron chi connectivity index (χ4n) is 3.11. The average Bonchev–Trinajstić information content (AvgIpc) is 2.67. The first-order chi connectivity index (χ1) is 11.1. The van der Waals surface area contributed by atoms with Crippen LogP contribution >= 0.6 is 0 Å². The number of likely N-dealkylation sites (N-methyl/N-ethyl adjacent to an activating group) is 1. The van der Waals surface area contributed by atoms with Crippen molar-refractivity contribution in [1.82, 2.24) is 4.90 Å². The van der Waals surface area contributed by atoms with E-state index in [4.69, 9.17) is 4.74 Å². The molecule has 120 valence electrons. The molecule has 0 atom stereocenters. The zero-order valence-corrected chi connectivity index (χ0v) is 13.7. The van der Waals surface area contributed by atoms with Crippen LogP contribution in [0.1, 0.15) is 17.5 Å². The van der Waals surface area contributed by atoms with Crippen molar-refractivity contribution in [3.8, 4) is 11.5 Å². The smallest absolute Gasteiger partial charge is 0.126 e. The number of hydrogen-bond donors (Lipinski definition) is 1. The first-order valence-corrected chi connectivity index (χ1v) is 7.99. The Hall–Kier alpha value is -2.26. The van der Waals surface area contributed by atoms with Crippen LogP contribution in [0.3, 0.4) is 0 Å². The second kappa shape index (κ2) is 6.88. The molecule has 0 radical (unpaired) electrons. The summed E-state index contributed by atoms with van der Waals surface area (Å²) >= 11 is 0. The minimum atomic E-state index is 0.315. The monoisotopic (exact) mass is 309 g/mol. The highest BCUT2D eigenvalue weighted by Crippen LogP contribution is 2.35. The number of ether oxygens (including phenoxy) is 1. The molecule has 0 saturated heterocycles. The summed E-state index contributed by atoms with van der Waals surface area (Å²) in [4.78, 5) is 2.20. The van der Waals surface area contributed by atoms with E-state index in [1.807, 2.05) is 24.3 Å². The summed E-state index contributed by atoms with van der Waals surface area (Å²) in [6.07, 6.45) is 1.74. The van der Waals surface area contributed by atoms with Crippen LogP contribution in [-0.2, 0) is 6.42 Å². The molecule has 0 bridgehead atoms. The minimum Gasteiger partial charge on any atom is -0.508 e. The molecule has 3 rings (SSSR count). The zero-order chi connectivity index (χ0) is 16.2. The number of aromatic hydroxyl groups is 1. The quantitative estimate of drug-likeness (QED) is 0.934. The molecule has 0 unspecified atom stereocenters. The van der Waals surface area contributed by atoms with Crippen molar-refractivity contribution in [2.75, 3.05) is 27.2 Å². The van der Waals surface area contributed by atoms with Crippen LogP contribution in [0.15, 0.2) is 54.1 Å². The molecule has 1 aliphatic rings. The molecule has 1 aliphatic heterocycles. The van der Waals surface area contributed by atoms with Crippen molar-refractivity contribution in [2.24, 2.45) is 0 Å². The topological polar surface area (TPSA) is 32.7 Å². The van der Waals surface area contributed by atoms with Crippen molar-refractivity contribution in [3.05, 3.63) is 65.2 Å². The molecule has 23 heavy (non-hydrogen) atoms. The standard InChI is InChI=1S/C20H23NO2/c1-21(2)14-16-10-11-23-20-9-4-3-8-18(20)19(16)13-15-6-5-7-17(22)12-15/h3-9,12,22H,10-11,13-14H2,1-2H3. The van der Waals surface area contributed by atoms with Crippen LogP contribution in [0, 0.1) is 0 Å². The SMILES string of the molecule is CN(C)CC1=C(Cc2cccc(O)c2)c2ccccc2OCC1. The number of phenols is 1. The first-order valence-electron chi connectivity index (χ1n) is 7.99. The van der Waals surface area contributed by atoms with E-state index in [1.54, 1.807) is 6.07 Å². The highest BCUT2D eigenvalue weighted by Gasteiger charge is 2.18. The molecular weight excluding hydrogens is 286 g/mol. The third kappa shape index (κ3) is 3.74. The summed E-state index contributed by atoms with van der Waals surface area (Å²) in [6.45, 7) is 1.63. The minimum absolute atomic E-state index is 0.315. The Morgan fingerprint density at radius 2 is 1.91 bits per heavy atom. The lowest BCUT2D eigenvalue weighted by Gasteiger charge is -2.18. The molecule has 0 spiro atoms. The molecule has 0 aromatic heterocycles. The van der Waals surface area contributed by atoms with Gasteiger partial charge in [-0.15, -0.1) is 0 Å². The average molecular weight is 309 g/mol. The first kappa shape index (κ1) is 15.6. The largest absolute Gasteiger partial charge is 0.508 e. The van der Waals surface area contributed by atoms with Gasteiger partial charge in [0.2, 0.25) is 0 Å². The van der Waals surface area contributed by atoms with E-state index in [1.165, 1.54) is 16.7 Å². The summed E-state index contributed by atoms with van der Waals surface area (Å²) < 4.78 is 5.94. The van der Waals surface area contributed by atoms with E-state index in [0.717, 1.165) is 30.7 Å². The summed E-state index contributed by atoms with van der Waals surface area (Å²) in [7, 11) is 4.19. The van der Waals surface area contributed by atoms with Crippen molar-refractivity contribution in [1.29, 1.82) is 0 Å². The van der Waals surface area contributed by atoms with Crippen molar-refractivity contribution >= 4 is 5.57 Å². The normalized spacial score (nSPS) is 14.4. The van der Waals surface area contributed by atoms with E-state index < -0.39 is 0 Å². The van der Waals surface area contributed by atoms with Gasteiger partial charge in [0, 0.05) is 18.5 Å². The van der Waals surface area contributed by atoms with Gasteiger partial charge in [0.1, 0.15) is 11.5 Å². The van der Waals surface area contributed by atoms with E-state index in [0.29, 0.717) is 12.4 Å². The predicted molar refractivity (Wildman–Crippen MR) is 93.8 cm³/mol. The Labute approximate surface area is 137 Å². The van der Waals surface area contributed by atoms with Gasteiger partial charge in [-0.2, -0.15) is 0 Å². The number of hydrogen-bond acceptors (Lipinski definition) is 3. The molecule has 0 amide bonds. The van der Waals surface area contributed by atoms with Crippen LogP contribution in [0.4, 0.5) is 0 Å². The number of allylic oxidation sites excluding steroid dienone is 1. The summed E-state index contributed by atoms with van der Waals surface area (Å²) in [5, 5.41) is 9.76. The lowest BCUT2D eigenvalue weighted by atomic mass is 9.92. The van der Waals surface area contributed by atoms with Gasteiger partial charge >= 0.3 is 0 Å². The lowest BCUT2D eigenvalue weighted by Crippen LogP contribution is -2.17. The van der Waals surface area contributed by atoms with Crippen LogP contribution in [0.5, 0.6) is 11.5 Å². The molecule has 0 aliphatic carbocycles. The van der Waals surface area contributed by atoms with Gasteiger partial charge in [-0.05, 0) is 55.4 Å². The number of para-hydroxylation sites is 1. The maximum atomic E-state index is 9.76. The molecule has 1 N–H and O–H groups in total. The Morgan fingerprint density at radius 3 is 2.70 bits per heavy atom. The van der Waals surface area contributed by atoms with Gasteiger partial charge < -0.3 is 14.7 Å². The van der Waals surface area contributed by atoms with E-state index in [2.05, 4.69) is 37.2 Å². The van der Waals surface area contributed by atoms with Gasteiger partial charge in [0.15, 0.2) is 0 Å². The predicted octanol–water partition coefficient (Wildman–Crippen LogP) is 3.73. The van der Waals surface area contributed by atoms with Crippen LogP contribution in [-0.4, -0.2) is 37.3 Å². The van der Waals surface area contributed by atoms with E-state index in [9.17, 15) is 5.11 Å². The lowest BCUT2D eigenvalue weighted by molar-refractivity contribution is 0.318. The van der Waals surface area contributed by atoms with Gasteiger partial charge in [-0.25, -0.2) is 0 Å². The summed E-state index contributed by atoms with van der Waals surface area (Å²) in [5.41, 5.74) is 5.01. The second-order valence-corrected chi connectivity index (χ2v) is 6.26. The van der Waals surface area contributed by atoms with Crippen LogP contribution in [0.2, 0.25) is 0 Å². The van der Waals surface area contributed by atoms with Gasteiger partial charge in [0.05, 0.1) is 6.61 Å². The molecule has 1 heterocycles. The van der Waals surface area contributed by atoms with Gasteiger partial charge in [0.25, 0.3) is 0 Å². The molecule has 0 fully saturated rings. The third-order valence-corrected chi connectivity index (χ3v) is 4.10. The molecule has 3 heteroatoms. The van der Waals surface area contributed by atoms with Crippen molar-refractivity contribution < 1.29 is 9.84 Å². The Morgan fingerprint density at radius 1 is 1.09 bits per heavy atom. The van der Waals surface area contributed by atoms with Crippen molar-refractivity contribution in [2.45, 2.75) is 12.8 Å². The van der Waals surface area contributed by atoms with E-state index >= 15 is 0 Å². The zero-order valence-electron chi connectivity index (χ0n) is 13.7. The van der Waals surface area contributed by atoms with Gasteiger partial charge in [-0.3, -0.25) is 0 Å². The van der Waals surface area contributed by atoms with E-state index in [-0.39, 0.29) is 0 Å². The molecule has 0 saturated carbocycles. The number of rotatable bonds is 4. The molecular formula is C20H23NO2. The van der Waals surface area contributed by atoms with Crippen LogP contribution < -0.4 is 4.74 Å². The highest BCUT2D eigenvalue weighted by molar-refractivity contribution is 5.75. The maximum Gasteiger partial charge on any atom is 0.126 e. The van der Waals surface area contributed by atoms with Crippen molar-refractivity contribution in [3.63, 3.8) is 0 Å². The number of phenolic OH excluding ortho intramolecular Hbond substituents is 1. The summed E-state index contributed by atoms with van der Waals surface area (Å²) in [6, 6.07) is 15.8. The van der Waals surface area contributed by atoms with Gasteiger partial charge in [-0.1, -0.05) is 30.3 Å². The number of fused-ring (bicyclic) bond motifs is 1. The molecule has 2 aromatic carbocycles. The van der Waals surface area contributed by atoms with Crippen LogP contribution in [0.25, 0.3) is 5.57 Å². The molecule has 3 nitrogen and oxygen atoms in total. The Balaban J connectivity index is 2.06. The highest BCUT2D eigenvalue weighted by atomic mass is 16.5. The number of benzene rings is 2. The number of nitrogens with zero attached hydrogens (tertiary/aromatic N) is 1. The third-order valence-electron chi connectivity index (χ3n) is 4.10. The fourth-order valence-corrected chi connectivity index (χ4v) is 3.11. The second-order valence-electron chi connectivity index (χ2n) is 6.26. The maximum absolute atomic E-state index is 9.76. The summed E-state index contributed by atoms with van der Waals surface area (Å²) in [5.74, 6) is 1.27. The Bertz CT molecular complexity index is 719. The molecule has 2 aromatic rings. The fraction of sp³-hybridized carbons (Fsp3) is 0.300. The Kier molecular flexibility index (Phi) is 4.68.